The number of nitrogens with one attached hydrogen (secondary N) is 1. The summed E-state index contributed by atoms with van der Waals surface area (Å²) in [7, 11) is 1.89. The van der Waals surface area contributed by atoms with E-state index < -0.39 is 0 Å². The SMILES string of the molecule is CCCC(CCN)CCC(=O)NCc1cn(C)nc1C. The lowest BCUT2D eigenvalue weighted by molar-refractivity contribution is -0.121. The molecule has 0 fully saturated rings. The Hall–Kier alpha value is -1.36. The van der Waals surface area contributed by atoms with Crippen molar-refractivity contribution >= 4 is 5.91 Å². The van der Waals surface area contributed by atoms with Crippen LogP contribution in [0.1, 0.15) is 50.3 Å². The molecule has 0 aromatic carbocycles. The molecule has 1 aromatic rings. The summed E-state index contributed by atoms with van der Waals surface area (Å²) in [5.74, 6) is 0.697. The van der Waals surface area contributed by atoms with E-state index in [0.29, 0.717) is 25.4 Å². The van der Waals surface area contributed by atoms with Gasteiger partial charge in [0, 0.05) is 31.8 Å². The second-order valence-corrected chi connectivity index (χ2v) is 5.46. The highest BCUT2D eigenvalue weighted by Gasteiger charge is 2.11. The first-order valence-corrected chi connectivity index (χ1v) is 7.52. The Kier molecular flexibility index (Phi) is 7.30. The summed E-state index contributed by atoms with van der Waals surface area (Å²) in [4.78, 5) is 11.9. The van der Waals surface area contributed by atoms with Crippen molar-refractivity contribution in [3.8, 4) is 0 Å². The highest BCUT2D eigenvalue weighted by atomic mass is 16.1. The van der Waals surface area contributed by atoms with Gasteiger partial charge in [-0.3, -0.25) is 9.48 Å². The maximum atomic E-state index is 11.9. The number of nitrogens with zero attached hydrogens (tertiary/aromatic N) is 2. The number of nitrogens with two attached hydrogens (primary N) is 1. The number of carbonyl (C=O) groups is 1. The summed E-state index contributed by atoms with van der Waals surface area (Å²) in [5.41, 5.74) is 7.66. The number of carbonyl (C=O) groups excluding carboxylic acids is 1. The molecule has 0 aliphatic heterocycles. The summed E-state index contributed by atoms with van der Waals surface area (Å²) in [5, 5.41) is 7.23. The monoisotopic (exact) mass is 280 g/mol. The van der Waals surface area contributed by atoms with Crippen LogP contribution in [-0.2, 0) is 18.4 Å². The van der Waals surface area contributed by atoms with Gasteiger partial charge in [0.25, 0.3) is 0 Å². The Morgan fingerprint density at radius 3 is 2.75 bits per heavy atom. The van der Waals surface area contributed by atoms with E-state index in [1.807, 2.05) is 20.2 Å². The quantitative estimate of drug-likeness (QED) is 0.725. The molecule has 1 atom stereocenters. The van der Waals surface area contributed by atoms with Crippen LogP contribution in [0.4, 0.5) is 0 Å². The molecule has 1 heterocycles. The standard InChI is InChI=1S/C15H28N4O/c1-4-5-13(8-9-16)6-7-15(20)17-10-14-11-19(3)18-12(14)2/h11,13H,4-10,16H2,1-3H3,(H,17,20). The number of hydrogen-bond donors (Lipinski definition) is 2. The fourth-order valence-corrected chi connectivity index (χ4v) is 2.52. The Morgan fingerprint density at radius 2 is 2.20 bits per heavy atom. The van der Waals surface area contributed by atoms with E-state index in [1.165, 1.54) is 0 Å². The van der Waals surface area contributed by atoms with Crippen molar-refractivity contribution in [1.29, 1.82) is 0 Å². The smallest absolute Gasteiger partial charge is 0.220 e. The second kappa shape index (κ2) is 8.74. The van der Waals surface area contributed by atoms with Gasteiger partial charge < -0.3 is 11.1 Å². The number of aromatic nitrogens is 2. The molecule has 0 spiro atoms. The van der Waals surface area contributed by atoms with Gasteiger partial charge in [-0.25, -0.2) is 0 Å². The minimum Gasteiger partial charge on any atom is -0.352 e. The van der Waals surface area contributed by atoms with Gasteiger partial charge in [0.15, 0.2) is 0 Å². The van der Waals surface area contributed by atoms with Crippen LogP contribution in [-0.4, -0.2) is 22.2 Å². The van der Waals surface area contributed by atoms with Crippen LogP contribution >= 0.6 is 0 Å². The normalized spacial score (nSPS) is 12.4. The van der Waals surface area contributed by atoms with Gasteiger partial charge in [-0.1, -0.05) is 19.8 Å². The van der Waals surface area contributed by atoms with Crippen LogP contribution < -0.4 is 11.1 Å². The maximum Gasteiger partial charge on any atom is 0.220 e. The minimum absolute atomic E-state index is 0.117. The fourth-order valence-electron chi connectivity index (χ4n) is 2.52. The van der Waals surface area contributed by atoms with Crippen LogP contribution in [0.5, 0.6) is 0 Å². The largest absolute Gasteiger partial charge is 0.352 e. The van der Waals surface area contributed by atoms with Gasteiger partial charge in [0.05, 0.1) is 5.69 Å². The van der Waals surface area contributed by atoms with Gasteiger partial charge in [0.2, 0.25) is 5.91 Å². The Bertz CT molecular complexity index is 408. The molecule has 5 heteroatoms. The first-order chi connectivity index (χ1) is 9.56. The van der Waals surface area contributed by atoms with Gasteiger partial charge >= 0.3 is 0 Å². The van der Waals surface area contributed by atoms with E-state index in [2.05, 4.69) is 17.3 Å². The van der Waals surface area contributed by atoms with E-state index in [1.54, 1.807) is 4.68 Å². The maximum absolute atomic E-state index is 11.9. The lowest BCUT2D eigenvalue weighted by Gasteiger charge is -2.14. The predicted octanol–water partition coefficient (Wildman–Crippen LogP) is 1.89. The van der Waals surface area contributed by atoms with Crippen LogP contribution in [0.3, 0.4) is 0 Å². The molecule has 1 rings (SSSR count). The topological polar surface area (TPSA) is 72.9 Å². The van der Waals surface area contributed by atoms with E-state index >= 15 is 0 Å². The van der Waals surface area contributed by atoms with E-state index in [-0.39, 0.29) is 5.91 Å². The van der Waals surface area contributed by atoms with Crippen molar-refractivity contribution in [2.45, 2.75) is 52.5 Å². The van der Waals surface area contributed by atoms with Gasteiger partial charge in [-0.05, 0) is 32.2 Å². The van der Waals surface area contributed by atoms with E-state index in [9.17, 15) is 4.79 Å². The molecule has 1 amide bonds. The van der Waals surface area contributed by atoms with Crippen molar-refractivity contribution in [2.75, 3.05) is 6.54 Å². The first-order valence-electron chi connectivity index (χ1n) is 7.52. The molecule has 0 bridgehead atoms. The molecule has 0 aliphatic rings. The summed E-state index contributed by atoms with van der Waals surface area (Å²) in [6.45, 7) is 5.41. The van der Waals surface area contributed by atoms with Crippen molar-refractivity contribution in [2.24, 2.45) is 18.7 Å². The Balaban J connectivity index is 2.30. The molecule has 114 valence electrons. The number of aryl methyl sites for hydroxylation is 2. The summed E-state index contributed by atoms with van der Waals surface area (Å²) in [6.07, 6.45) is 6.80. The molecule has 0 aliphatic carbocycles. The number of rotatable bonds is 9. The van der Waals surface area contributed by atoms with Gasteiger partial charge in [-0.2, -0.15) is 5.10 Å². The zero-order chi connectivity index (χ0) is 15.0. The lowest BCUT2D eigenvalue weighted by atomic mass is 9.94. The number of amides is 1. The molecular formula is C15H28N4O. The van der Waals surface area contributed by atoms with Gasteiger partial charge in [-0.15, -0.1) is 0 Å². The minimum atomic E-state index is 0.117. The lowest BCUT2D eigenvalue weighted by Crippen LogP contribution is -2.23. The van der Waals surface area contributed by atoms with Crippen LogP contribution in [0.2, 0.25) is 0 Å². The predicted molar refractivity (Wildman–Crippen MR) is 81.1 cm³/mol. The third-order valence-electron chi connectivity index (χ3n) is 3.64. The molecule has 1 unspecified atom stereocenters. The highest BCUT2D eigenvalue weighted by molar-refractivity contribution is 5.75. The molecule has 5 nitrogen and oxygen atoms in total. The molecule has 1 aromatic heterocycles. The third kappa shape index (κ3) is 5.74. The van der Waals surface area contributed by atoms with Crippen molar-refractivity contribution in [3.05, 3.63) is 17.5 Å². The van der Waals surface area contributed by atoms with Gasteiger partial charge in [0.1, 0.15) is 0 Å². The molecule has 0 radical (unpaired) electrons. The van der Waals surface area contributed by atoms with Crippen LogP contribution in [0.25, 0.3) is 0 Å². The first kappa shape index (κ1) is 16.7. The average molecular weight is 280 g/mol. The third-order valence-corrected chi connectivity index (χ3v) is 3.64. The van der Waals surface area contributed by atoms with Crippen LogP contribution in [0, 0.1) is 12.8 Å². The Morgan fingerprint density at radius 1 is 1.45 bits per heavy atom. The summed E-state index contributed by atoms with van der Waals surface area (Å²) < 4.78 is 1.77. The van der Waals surface area contributed by atoms with Crippen molar-refractivity contribution in [1.82, 2.24) is 15.1 Å². The fraction of sp³-hybridized carbons (Fsp3) is 0.733. The molecular weight excluding hydrogens is 252 g/mol. The van der Waals surface area contributed by atoms with E-state index in [4.69, 9.17) is 5.73 Å². The summed E-state index contributed by atoms with van der Waals surface area (Å²) >= 11 is 0. The zero-order valence-electron chi connectivity index (χ0n) is 13.0. The van der Waals surface area contributed by atoms with Crippen molar-refractivity contribution < 1.29 is 4.79 Å². The number of hydrogen-bond acceptors (Lipinski definition) is 3. The highest BCUT2D eigenvalue weighted by Crippen LogP contribution is 2.16. The van der Waals surface area contributed by atoms with Crippen LogP contribution in [0.15, 0.2) is 6.20 Å². The van der Waals surface area contributed by atoms with Crippen molar-refractivity contribution in [3.63, 3.8) is 0 Å². The zero-order valence-corrected chi connectivity index (χ0v) is 13.0. The second-order valence-electron chi connectivity index (χ2n) is 5.46. The molecule has 0 saturated heterocycles. The molecule has 0 saturated carbocycles. The molecule has 3 N–H and O–H groups in total. The summed E-state index contributed by atoms with van der Waals surface area (Å²) in [6, 6.07) is 0. The van der Waals surface area contributed by atoms with E-state index in [0.717, 1.165) is 36.9 Å². The average Bonchev–Trinajstić information content (AvgIpc) is 2.72. The Labute approximate surface area is 121 Å². The molecule has 20 heavy (non-hydrogen) atoms.